The number of furan rings is 1. The van der Waals surface area contributed by atoms with E-state index in [9.17, 15) is 0 Å². The molecule has 0 bridgehead atoms. The van der Waals surface area contributed by atoms with Gasteiger partial charge in [-0.1, -0.05) is 146 Å². The average molecular weight is 692 g/mol. The summed E-state index contributed by atoms with van der Waals surface area (Å²) in [5.41, 5.74) is 11.6. The van der Waals surface area contributed by atoms with Gasteiger partial charge in [-0.25, -0.2) is 9.97 Å². The largest absolute Gasteiger partial charge is 0.454 e. The molecule has 4 heteroatoms. The van der Waals surface area contributed by atoms with Crippen LogP contribution in [0.1, 0.15) is 0 Å². The molecule has 0 fully saturated rings. The van der Waals surface area contributed by atoms with Crippen molar-refractivity contribution < 1.29 is 4.42 Å². The van der Waals surface area contributed by atoms with Crippen molar-refractivity contribution in [2.75, 3.05) is 4.90 Å². The minimum atomic E-state index is 0.640. The molecule has 10 rings (SSSR count). The van der Waals surface area contributed by atoms with E-state index < -0.39 is 0 Å². The Balaban J connectivity index is 1.24. The van der Waals surface area contributed by atoms with E-state index in [1.165, 1.54) is 5.56 Å². The molecule has 0 unspecified atom stereocenters. The molecule has 0 aliphatic carbocycles. The summed E-state index contributed by atoms with van der Waals surface area (Å²) in [7, 11) is 0. The van der Waals surface area contributed by atoms with E-state index in [4.69, 9.17) is 14.4 Å². The molecule has 0 aliphatic rings. The van der Waals surface area contributed by atoms with E-state index in [0.29, 0.717) is 5.82 Å². The Morgan fingerprint density at radius 1 is 0.407 bits per heavy atom. The number of nitrogens with zero attached hydrogens (tertiary/aromatic N) is 3. The number of anilines is 3. The third-order valence-electron chi connectivity index (χ3n) is 10.1. The SMILES string of the molecule is c1ccc(-c2ccc(N(c3ccccc3)c3ccc(-c4nc(-c5ccccc5)cc(-c5ccccc5)n4)c4c3oc3cc5ccccc5cc34)cc2)cc1. The standard InChI is InChI=1S/C50H33N3O/c1-5-15-34(16-6-1)35-25-27-41(28-26-35)53(40-23-11-4-12-24-40)46-30-29-42(48-43-31-38-21-13-14-22-39(38)32-47(43)54-49(46)48)50-51-44(36-17-7-2-8-18-36)33-45(52-50)37-19-9-3-10-20-37/h1-33H. The summed E-state index contributed by atoms with van der Waals surface area (Å²) in [5, 5.41) is 4.25. The highest BCUT2D eigenvalue weighted by molar-refractivity contribution is 6.18. The Hall–Kier alpha value is -7.30. The monoisotopic (exact) mass is 691 g/mol. The van der Waals surface area contributed by atoms with Crippen LogP contribution in [0.25, 0.3) is 77.7 Å². The minimum Gasteiger partial charge on any atom is -0.454 e. The molecule has 4 nitrogen and oxygen atoms in total. The van der Waals surface area contributed by atoms with E-state index in [0.717, 1.165) is 83.4 Å². The molecule has 54 heavy (non-hydrogen) atoms. The lowest BCUT2D eigenvalue weighted by Crippen LogP contribution is -2.10. The van der Waals surface area contributed by atoms with Gasteiger partial charge in [0, 0.05) is 38.8 Å². The van der Waals surface area contributed by atoms with Crippen LogP contribution in [-0.2, 0) is 0 Å². The van der Waals surface area contributed by atoms with E-state index >= 15 is 0 Å². The number of hydrogen-bond donors (Lipinski definition) is 0. The molecule has 0 saturated carbocycles. The van der Waals surface area contributed by atoms with Gasteiger partial charge in [0.2, 0.25) is 0 Å². The Morgan fingerprint density at radius 2 is 0.907 bits per heavy atom. The van der Waals surface area contributed by atoms with Crippen LogP contribution in [0.3, 0.4) is 0 Å². The molecule has 0 radical (unpaired) electrons. The van der Waals surface area contributed by atoms with Crippen molar-refractivity contribution in [2.45, 2.75) is 0 Å². The van der Waals surface area contributed by atoms with Crippen LogP contribution in [0.2, 0.25) is 0 Å². The van der Waals surface area contributed by atoms with Crippen molar-refractivity contribution in [1.29, 1.82) is 0 Å². The summed E-state index contributed by atoms with van der Waals surface area (Å²) < 4.78 is 7.00. The highest BCUT2D eigenvalue weighted by atomic mass is 16.3. The highest BCUT2D eigenvalue weighted by Gasteiger charge is 2.24. The summed E-state index contributed by atoms with van der Waals surface area (Å²) in [6.07, 6.45) is 0. The first kappa shape index (κ1) is 31.4. The van der Waals surface area contributed by atoms with Crippen molar-refractivity contribution in [3.05, 3.63) is 200 Å². The van der Waals surface area contributed by atoms with Crippen LogP contribution >= 0.6 is 0 Å². The first-order chi connectivity index (χ1) is 26.8. The van der Waals surface area contributed by atoms with E-state index in [2.05, 4.69) is 157 Å². The lowest BCUT2D eigenvalue weighted by molar-refractivity contribution is 0.669. The molecule has 0 N–H and O–H groups in total. The molecule has 2 heterocycles. The summed E-state index contributed by atoms with van der Waals surface area (Å²) >= 11 is 0. The molecule has 2 aromatic heterocycles. The van der Waals surface area contributed by atoms with Gasteiger partial charge in [0.05, 0.1) is 17.1 Å². The first-order valence-electron chi connectivity index (χ1n) is 18.2. The maximum absolute atomic E-state index is 7.00. The summed E-state index contributed by atoms with van der Waals surface area (Å²) in [6, 6.07) is 69.6. The van der Waals surface area contributed by atoms with Crippen molar-refractivity contribution >= 4 is 49.8 Å². The van der Waals surface area contributed by atoms with Gasteiger partial charge in [-0.15, -0.1) is 0 Å². The van der Waals surface area contributed by atoms with Gasteiger partial charge in [0.25, 0.3) is 0 Å². The molecular weight excluding hydrogens is 659 g/mol. The maximum atomic E-state index is 7.00. The predicted molar refractivity (Wildman–Crippen MR) is 223 cm³/mol. The number of aromatic nitrogens is 2. The van der Waals surface area contributed by atoms with Crippen LogP contribution in [-0.4, -0.2) is 9.97 Å². The Kier molecular flexibility index (Phi) is 7.77. The fourth-order valence-electron chi connectivity index (χ4n) is 7.43. The van der Waals surface area contributed by atoms with Crippen molar-refractivity contribution in [3.8, 4) is 45.0 Å². The molecular formula is C50H33N3O. The third kappa shape index (κ3) is 5.67. The molecule has 0 aliphatic heterocycles. The number of fused-ring (bicyclic) bond motifs is 4. The van der Waals surface area contributed by atoms with Crippen LogP contribution < -0.4 is 4.90 Å². The van der Waals surface area contributed by atoms with Crippen molar-refractivity contribution in [2.24, 2.45) is 0 Å². The van der Waals surface area contributed by atoms with Crippen LogP contribution in [0, 0.1) is 0 Å². The van der Waals surface area contributed by atoms with Gasteiger partial charge in [-0.05, 0) is 76.5 Å². The van der Waals surface area contributed by atoms with Gasteiger partial charge in [0.1, 0.15) is 5.58 Å². The fraction of sp³-hybridized carbons (Fsp3) is 0. The summed E-state index contributed by atoms with van der Waals surface area (Å²) in [5.74, 6) is 0.640. The van der Waals surface area contributed by atoms with Gasteiger partial charge in [-0.3, -0.25) is 0 Å². The normalized spacial score (nSPS) is 11.3. The smallest absolute Gasteiger partial charge is 0.161 e. The first-order valence-corrected chi connectivity index (χ1v) is 18.2. The van der Waals surface area contributed by atoms with Crippen LogP contribution in [0.4, 0.5) is 17.1 Å². The zero-order valence-electron chi connectivity index (χ0n) is 29.3. The predicted octanol–water partition coefficient (Wildman–Crippen LogP) is 13.7. The highest BCUT2D eigenvalue weighted by Crippen LogP contribution is 2.46. The van der Waals surface area contributed by atoms with Crippen LogP contribution in [0.5, 0.6) is 0 Å². The second-order valence-electron chi connectivity index (χ2n) is 13.4. The number of rotatable bonds is 7. The zero-order valence-corrected chi connectivity index (χ0v) is 29.3. The van der Waals surface area contributed by atoms with Gasteiger partial charge < -0.3 is 9.32 Å². The Morgan fingerprint density at radius 3 is 1.52 bits per heavy atom. The molecule has 0 atom stereocenters. The summed E-state index contributed by atoms with van der Waals surface area (Å²) in [4.78, 5) is 12.8. The maximum Gasteiger partial charge on any atom is 0.161 e. The number of hydrogen-bond acceptors (Lipinski definition) is 4. The van der Waals surface area contributed by atoms with Crippen molar-refractivity contribution in [1.82, 2.24) is 9.97 Å². The Labute approximate surface area is 313 Å². The second kappa shape index (κ2) is 13.4. The molecule has 254 valence electrons. The molecule has 0 spiro atoms. The second-order valence-corrected chi connectivity index (χ2v) is 13.4. The Bertz CT molecular complexity index is 2850. The molecule has 0 saturated heterocycles. The summed E-state index contributed by atoms with van der Waals surface area (Å²) in [6.45, 7) is 0. The number of para-hydroxylation sites is 1. The molecule has 0 amide bonds. The van der Waals surface area contributed by atoms with Crippen LogP contribution in [0.15, 0.2) is 205 Å². The lowest BCUT2D eigenvalue weighted by atomic mass is 10.00. The third-order valence-corrected chi connectivity index (χ3v) is 10.1. The van der Waals surface area contributed by atoms with E-state index in [1.54, 1.807) is 0 Å². The van der Waals surface area contributed by atoms with Crippen molar-refractivity contribution in [3.63, 3.8) is 0 Å². The number of benzene rings is 8. The lowest BCUT2D eigenvalue weighted by Gasteiger charge is -2.26. The quantitative estimate of drug-likeness (QED) is 0.167. The molecule has 8 aromatic carbocycles. The fourth-order valence-corrected chi connectivity index (χ4v) is 7.43. The average Bonchev–Trinajstić information content (AvgIpc) is 3.63. The zero-order chi connectivity index (χ0) is 35.8. The molecule has 10 aromatic rings. The van der Waals surface area contributed by atoms with E-state index in [-0.39, 0.29) is 0 Å². The minimum absolute atomic E-state index is 0.640. The van der Waals surface area contributed by atoms with Gasteiger partial charge in [0.15, 0.2) is 11.4 Å². The van der Waals surface area contributed by atoms with E-state index in [1.807, 2.05) is 48.5 Å². The topological polar surface area (TPSA) is 42.2 Å². The van der Waals surface area contributed by atoms with Gasteiger partial charge >= 0.3 is 0 Å². The van der Waals surface area contributed by atoms with Gasteiger partial charge in [-0.2, -0.15) is 0 Å².